The van der Waals surface area contributed by atoms with Crippen LogP contribution in [0.5, 0.6) is 5.75 Å². The summed E-state index contributed by atoms with van der Waals surface area (Å²) in [5.41, 5.74) is 0.919. The van der Waals surface area contributed by atoms with Crippen LogP contribution in [-0.2, 0) is 11.3 Å². The summed E-state index contributed by atoms with van der Waals surface area (Å²) in [4.78, 5) is 27.5. The largest absolute Gasteiger partial charge is 0.496 e. The van der Waals surface area contributed by atoms with Crippen LogP contribution in [0, 0.1) is 0 Å². The van der Waals surface area contributed by atoms with Gasteiger partial charge < -0.3 is 15.0 Å². The number of benzene rings is 1. The number of likely N-dealkylation sites (tertiary alicyclic amines) is 1. The van der Waals surface area contributed by atoms with E-state index in [2.05, 4.69) is 5.32 Å². The number of ether oxygens (including phenoxy) is 1. The van der Waals surface area contributed by atoms with Crippen LogP contribution in [-0.4, -0.2) is 36.4 Å². The van der Waals surface area contributed by atoms with Crippen molar-refractivity contribution in [2.24, 2.45) is 0 Å². The second-order valence-electron chi connectivity index (χ2n) is 5.66. The summed E-state index contributed by atoms with van der Waals surface area (Å²) in [6, 6.07) is 10.8. The monoisotopic (exact) mass is 344 g/mol. The van der Waals surface area contributed by atoms with E-state index in [1.807, 2.05) is 35.7 Å². The maximum Gasteiger partial charge on any atom is 0.264 e. The van der Waals surface area contributed by atoms with E-state index < -0.39 is 6.04 Å². The number of hydrogen-bond donors (Lipinski definition) is 1. The molecule has 0 spiro atoms. The molecule has 1 aliphatic heterocycles. The Balaban J connectivity index is 1.64. The zero-order valence-electron chi connectivity index (χ0n) is 13.5. The molecule has 1 atom stereocenters. The lowest BCUT2D eigenvalue weighted by molar-refractivity contribution is -0.125. The van der Waals surface area contributed by atoms with E-state index in [9.17, 15) is 9.59 Å². The van der Waals surface area contributed by atoms with Gasteiger partial charge in [0.05, 0.1) is 12.0 Å². The summed E-state index contributed by atoms with van der Waals surface area (Å²) in [6.07, 6.45) is 1.55. The average Bonchev–Trinajstić information content (AvgIpc) is 3.30. The van der Waals surface area contributed by atoms with Crippen LogP contribution in [0.3, 0.4) is 0 Å². The van der Waals surface area contributed by atoms with Gasteiger partial charge in [-0.1, -0.05) is 24.3 Å². The van der Waals surface area contributed by atoms with E-state index >= 15 is 0 Å². The first-order chi connectivity index (χ1) is 11.7. The molecule has 126 valence electrons. The minimum absolute atomic E-state index is 0.0556. The van der Waals surface area contributed by atoms with Crippen molar-refractivity contribution in [3.8, 4) is 5.75 Å². The lowest BCUT2D eigenvalue weighted by Crippen LogP contribution is -2.45. The van der Waals surface area contributed by atoms with Gasteiger partial charge in [0.2, 0.25) is 5.91 Å². The van der Waals surface area contributed by atoms with Crippen LogP contribution < -0.4 is 10.1 Å². The summed E-state index contributed by atoms with van der Waals surface area (Å²) in [7, 11) is 1.61. The van der Waals surface area contributed by atoms with Gasteiger partial charge in [-0.05, 0) is 30.4 Å². The summed E-state index contributed by atoms with van der Waals surface area (Å²) in [6.45, 7) is 1.02. The number of carbonyl (C=O) groups excluding carboxylic acids is 2. The second kappa shape index (κ2) is 7.49. The van der Waals surface area contributed by atoms with Crippen LogP contribution in [0.25, 0.3) is 0 Å². The molecule has 5 nitrogen and oxygen atoms in total. The number of nitrogens with zero attached hydrogens (tertiary/aromatic N) is 1. The van der Waals surface area contributed by atoms with Crippen molar-refractivity contribution in [3.05, 3.63) is 52.2 Å². The van der Waals surface area contributed by atoms with Gasteiger partial charge in [0.25, 0.3) is 5.91 Å². The molecule has 3 rings (SSSR count). The van der Waals surface area contributed by atoms with E-state index in [0.717, 1.165) is 17.7 Å². The first kappa shape index (κ1) is 16.5. The number of hydrogen-bond acceptors (Lipinski definition) is 4. The SMILES string of the molecule is COc1ccccc1CNC(=O)[C@H]1CCCN1C(=O)c1cccs1. The molecule has 0 radical (unpaired) electrons. The van der Waals surface area contributed by atoms with Crippen molar-refractivity contribution in [1.82, 2.24) is 10.2 Å². The van der Waals surface area contributed by atoms with Crippen LogP contribution in [0.15, 0.2) is 41.8 Å². The Bertz CT molecular complexity index is 715. The van der Waals surface area contributed by atoms with Crippen molar-refractivity contribution in [1.29, 1.82) is 0 Å². The third-order valence-electron chi connectivity index (χ3n) is 4.19. The fourth-order valence-corrected chi connectivity index (χ4v) is 3.65. The van der Waals surface area contributed by atoms with Crippen molar-refractivity contribution in [2.75, 3.05) is 13.7 Å². The van der Waals surface area contributed by atoms with Crippen LogP contribution in [0.4, 0.5) is 0 Å². The number of carbonyl (C=O) groups is 2. The van der Waals surface area contributed by atoms with Gasteiger partial charge in [0.1, 0.15) is 11.8 Å². The van der Waals surface area contributed by atoms with E-state index in [4.69, 9.17) is 4.74 Å². The molecule has 1 aromatic carbocycles. The standard InChI is InChI=1S/C18H20N2O3S/c1-23-15-8-3-2-6-13(15)12-19-17(21)14-7-4-10-20(14)18(22)16-9-5-11-24-16/h2-3,5-6,8-9,11,14H,4,7,10,12H2,1H3,(H,19,21)/t14-/m1/s1. The molecule has 6 heteroatoms. The molecule has 1 aromatic heterocycles. The van der Waals surface area contributed by atoms with Crippen molar-refractivity contribution in [3.63, 3.8) is 0 Å². The molecule has 24 heavy (non-hydrogen) atoms. The highest BCUT2D eigenvalue weighted by molar-refractivity contribution is 7.12. The number of methoxy groups -OCH3 is 1. The lowest BCUT2D eigenvalue weighted by atomic mass is 10.1. The maximum atomic E-state index is 12.6. The molecule has 2 heterocycles. The minimum Gasteiger partial charge on any atom is -0.496 e. The lowest BCUT2D eigenvalue weighted by Gasteiger charge is -2.23. The summed E-state index contributed by atoms with van der Waals surface area (Å²) in [5, 5.41) is 4.81. The number of nitrogens with one attached hydrogen (secondary N) is 1. The van der Waals surface area contributed by atoms with Gasteiger partial charge in [-0.3, -0.25) is 9.59 Å². The number of rotatable bonds is 5. The molecule has 2 aromatic rings. The predicted octanol–water partition coefficient (Wildman–Crippen LogP) is 2.68. The van der Waals surface area contributed by atoms with E-state index in [1.165, 1.54) is 11.3 Å². The van der Waals surface area contributed by atoms with Gasteiger partial charge in [0.15, 0.2) is 0 Å². The fraction of sp³-hybridized carbons (Fsp3) is 0.333. The second-order valence-corrected chi connectivity index (χ2v) is 6.61. The maximum absolute atomic E-state index is 12.6. The van der Waals surface area contributed by atoms with E-state index in [0.29, 0.717) is 24.4 Å². The smallest absolute Gasteiger partial charge is 0.264 e. The molecule has 1 saturated heterocycles. The summed E-state index contributed by atoms with van der Waals surface area (Å²) < 4.78 is 5.30. The number of thiophene rings is 1. The zero-order valence-corrected chi connectivity index (χ0v) is 14.3. The predicted molar refractivity (Wildman–Crippen MR) is 93.2 cm³/mol. The van der Waals surface area contributed by atoms with Gasteiger partial charge >= 0.3 is 0 Å². The van der Waals surface area contributed by atoms with Crippen molar-refractivity contribution >= 4 is 23.2 Å². The highest BCUT2D eigenvalue weighted by atomic mass is 32.1. The minimum atomic E-state index is -0.394. The molecule has 0 bridgehead atoms. The molecule has 1 aliphatic rings. The Labute approximate surface area is 145 Å². The fourth-order valence-electron chi connectivity index (χ4n) is 2.97. The van der Waals surface area contributed by atoms with Gasteiger partial charge in [-0.25, -0.2) is 0 Å². The molecular weight excluding hydrogens is 324 g/mol. The average molecular weight is 344 g/mol. The van der Waals surface area contributed by atoms with Gasteiger partial charge in [-0.15, -0.1) is 11.3 Å². The number of amides is 2. The molecule has 0 unspecified atom stereocenters. The quantitative estimate of drug-likeness (QED) is 0.907. The molecule has 1 fully saturated rings. The van der Waals surface area contributed by atoms with Crippen molar-refractivity contribution < 1.29 is 14.3 Å². The normalized spacial score (nSPS) is 16.9. The number of para-hydroxylation sites is 1. The summed E-state index contributed by atoms with van der Waals surface area (Å²) >= 11 is 1.41. The Hall–Kier alpha value is -2.34. The molecule has 1 N–H and O–H groups in total. The summed E-state index contributed by atoms with van der Waals surface area (Å²) in [5.74, 6) is 0.582. The zero-order chi connectivity index (χ0) is 16.9. The van der Waals surface area contributed by atoms with Crippen LogP contribution in [0.1, 0.15) is 28.1 Å². The highest BCUT2D eigenvalue weighted by Gasteiger charge is 2.34. The van der Waals surface area contributed by atoms with Crippen LogP contribution >= 0.6 is 11.3 Å². The molecule has 0 aliphatic carbocycles. The molecule has 2 amide bonds. The van der Waals surface area contributed by atoms with E-state index in [-0.39, 0.29) is 11.8 Å². The third kappa shape index (κ3) is 3.43. The third-order valence-corrected chi connectivity index (χ3v) is 5.05. The highest BCUT2D eigenvalue weighted by Crippen LogP contribution is 2.23. The Morgan fingerprint density at radius 2 is 2.12 bits per heavy atom. The molecular formula is C18H20N2O3S. The Kier molecular flexibility index (Phi) is 5.15. The van der Waals surface area contributed by atoms with Gasteiger partial charge in [0, 0.05) is 18.7 Å². The van der Waals surface area contributed by atoms with Crippen LogP contribution in [0.2, 0.25) is 0 Å². The Morgan fingerprint density at radius 1 is 1.29 bits per heavy atom. The van der Waals surface area contributed by atoms with Gasteiger partial charge in [-0.2, -0.15) is 0 Å². The first-order valence-corrected chi connectivity index (χ1v) is 8.82. The van der Waals surface area contributed by atoms with E-state index in [1.54, 1.807) is 18.1 Å². The molecule has 0 saturated carbocycles. The Morgan fingerprint density at radius 3 is 2.88 bits per heavy atom. The topological polar surface area (TPSA) is 58.6 Å². The van der Waals surface area contributed by atoms with Crippen molar-refractivity contribution in [2.45, 2.75) is 25.4 Å². The first-order valence-electron chi connectivity index (χ1n) is 7.95.